The summed E-state index contributed by atoms with van der Waals surface area (Å²) in [6.07, 6.45) is 0.203. The Labute approximate surface area is 171 Å². The van der Waals surface area contributed by atoms with Crippen LogP contribution in [-0.2, 0) is 4.43 Å². The lowest BCUT2D eigenvalue weighted by molar-refractivity contribution is 0.217. The molecule has 1 aromatic rings. The molecule has 1 aromatic carbocycles. The van der Waals surface area contributed by atoms with Crippen molar-refractivity contribution in [1.82, 2.24) is 0 Å². The minimum absolute atomic E-state index is 0.203. The Hall–Kier alpha value is 0.144. The van der Waals surface area contributed by atoms with Crippen LogP contribution in [0.5, 0.6) is 5.75 Å². The van der Waals surface area contributed by atoms with Crippen LogP contribution < -0.4 is 4.43 Å². The minimum Gasteiger partial charge on any atom is -0.544 e. The first-order chi connectivity index (χ1) is 11.5. The maximum atomic E-state index is 6.72. The minimum atomic E-state index is -1.78. The predicted octanol–water partition coefficient (Wildman–Crippen LogP) is 7.57. The lowest BCUT2D eigenvalue weighted by Gasteiger charge is -2.36. The van der Waals surface area contributed by atoms with E-state index in [-0.39, 0.29) is 11.1 Å². The molecular weight excluding hydrogens is 455 g/mol. The number of hydrogen-bond donors (Lipinski definition) is 0. The first-order valence-corrected chi connectivity index (χ1v) is 16.5. The van der Waals surface area contributed by atoms with E-state index in [1.54, 1.807) is 0 Å². The van der Waals surface area contributed by atoms with E-state index in [0.717, 1.165) is 10.2 Å². The van der Waals surface area contributed by atoms with Crippen LogP contribution in [0, 0.1) is 0 Å². The molecule has 5 heteroatoms. The van der Waals surface area contributed by atoms with E-state index in [4.69, 9.17) is 8.85 Å². The Morgan fingerprint density at radius 1 is 0.960 bits per heavy atom. The largest absolute Gasteiger partial charge is 0.544 e. The lowest BCUT2D eigenvalue weighted by atomic mass is 10.1. The zero-order valence-corrected chi connectivity index (χ0v) is 21.6. The van der Waals surface area contributed by atoms with Crippen LogP contribution in [0.4, 0.5) is 0 Å². The van der Waals surface area contributed by atoms with Crippen molar-refractivity contribution in [3.8, 4) is 5.75 Å². The molecule has 0 aliphatic rings. The van der Waals surface area contributed by atoms with Gasteiger partial charge >= 0.3 is 0 Å². The maximum Gasteiger partial charge on any atom is 0.250 e. The van der Waals surface area contributed by atoms with Crippen LogP contribution >= 0.6 is 22.6 Å². The number of benzene rings is 1. The van der Waals surface area contributed by atoms with Gasteiger partial charge in [-0.2, -0.15) is 0 Å². The monoisotopic (exact) mass is 492 g/mol. The molecule has 1 rings (SSSR count). The standard InChI is InChI=1S/C20H37IO2Si2/c1-9-25(10-2,11-3)23-19(16-21)17-12-14-18(15-13-17)22-24(7,8)20(4,5)6/h12-15,19H,9-11,16H2,1-8H3. The molecule has 0 N–H and O–H groups in total. The first kappa shape index (κ1) is 23.2. The highest BCUT2D eigenvalue weighted by atomic mass is 127. The van der Waals surface area contributed by atoms with Gasteiger partial charge in [0.15, 0.2) is 8.32 Å². The summed E-state index contributed by atoms with van der Waals surface area (Å²) < 4.78 is 14.1. The predicted molar refractivity (Wildman–Crippen MR) is 124 cm³/mol. The highest BCUT2D eigenvalue weighted by Gasteiger charge is 2.39. The highest BCUT2D eigenvalue weighted by Crippen LogP contribution is 2.38. The van der Waals surface area contributed by atoms with Gasteiger partial charge in [0.25, 0.3) is 0 Å². The van der Waals surface area contributed by atoms with Crippen molar-refractivity contribution in [1.29, 1.82) is 0 Å². The zero-order valence-electron chi connectivity index (χ0n) is 17.4. The van der Waals surface area contributed by atoms with E-state index in [2.05, 4.69) is 101 Å². The number of halogens is 1. The summed E-state index contributed by atoms with van der Waals surface area (Å²) in [4.78, 5) is 0. The molecule has 144 valence electrons. The molecule has 0 bridgehead atoms. The van der Waals surface area contributed by atoms with E-state index in [0.29, 0.717) is 0 Å². The van der Waals surface area contributed by atoms with E-state index in [1.807, 2.05) is 0 Å². The van der Waals surface area contributed by atoms with Gasteiger partial charge in [-0.05, 0) is 54.0 Å². The summed E-state index contributed by atoms with van der Waals surface area (Å²) in [6, 6.07) is 12.2. The van der Waals surface area contributed by atoms with Crippen molar-refractivity contribution >= 4 is 39.2 Å². The summed E-state index contributed by atoms with van der Waals surface area (Å²) in [5.74, 6) is 0.993. The zero-order chi connectivity index (χ0) is 19.3. The quantitative estimate of drug-likeness (QED) is 0.201. The molecule has 0 fully saturated rings. The van der Waals surface area contributed by atoms with Gasteiger partial charge in [-0.15, -0.1) is 0 Å². The van der Waals surface area contributed by atoms with E-state index >= 15 is 0 Å². The second-order valence-corrected chi connectivity index (χ2v) is 18.8. The normalized spacial score (nSPS) is 14.4. The Morgan fingerprint density at radius 3 is 1.80 bits per heavy atom. The SMILES string of the molecule is CC[Si](CC)(CC)OC(CI)c1ccc(O[Si](C)(C)C(C)(C)C)cc1. The van der Waals surface area contributed by atoms with Gasteiger partial charge in [-0.3, -0.25) is 0 Å². The fraction of sp³-hybridized carbons (Fsp3) is 0.700. The van der Waals surface area contributed by atoms with Gasteiger partial charge in [0, 0.05) is 4.43 Å². The van der Waals surface area contributed by atoms with Crippen molar-refractivity contribution in [3.63, 3.8) is 0 Å². The molecule has 0 aliphatic heterocycles. The van der Waals surface area contributed by atoms with E-state index in [9.17, 15) is 0 Å². The van der Waals surface area contributed by atoms with E-state index < -0.39 is 16.6 Å². The molecule has 0 heterocycles. The van der Waals surface area contributed by atoms with Gasteiger partial charge in [0.2, 0.25) is 8.32 Å². The lowest BCUT2D eigenvalue weighted by Crippen LogP contribution is -2.43. The average molecular weight is 493 g/mol. The average Bonchev–Trinajstić information content (AvgIpc) is 2.56. The van der Waals surface area contributed by atoms with Crippen LogP contribution in [0.3, 0.4) is 0 Å². The number of rotatable bonds is 9. The molecule has 2 nitrogen and oxygen atoms in total. The van der Waals surface area contributed by atoms with Gasteiger partial charge in [0.1, 0.15) is 5.75 Å². The van der Waals surface area contributed by atoms with E-state index in [1.165, 1.54) is 23.7 Å². The van der Waals surface area contributed by atoms with Crippen molar-refractivity contribution in [2.45, 2.75) is 83.9 Å². The van der Waals surface area contributed by atoms with Crippen LogP contribution in [0.2, 0.25) is 36.3 Å². The van der Waals surface area contributed by atoms with Crippen LogP contribution in [0.25, 0.3) is 0 Å². The third-order valence-electron chi connectivity index (χ3n) is 5.90. The molecule has 25 heavy (non-hydrogen) atoms. The Balaban J connectivity index is 2.93. The topological polar surface area (TPSA) is 18.5 Å². The smallest absolute Gasteiger partial charge is 0.250 e. The number of hydrogen-bond acceptors (Lipinski definition) is 2. The van der Waals surface area contributed by atoms with Crippen molar-refractivity contribution < 1.29 is 8.85 Å². The Kier molecular flexibility index (Phi) is 8.69. The summed E-state index contributed by atoms with van der Waals surface area (Å²) >= 11 is 2.46. The molecule has 0 amide bonds. The molecule has 0 saturated heterocycles. The molecule has 0 spiro atoms. The van der Waals surface area contributed by atoms with Gasteiger partial charge in [-0.25, -0.2) is 0 Å². The molecule has 1 atom stereocenters. The summed E-state index contributed by atoms with van der Waals surface area (Å²) in [7, 11) is -3.37. The number of alkyl halides is 1. The van der Waals surface area contributed by atoms with Gasteiger partial charge in [-0.1, -0.05) is 76.3 Å². The first-order valence-electron chi connectivity index (χ1n) is 9.57. The fourth-order valence-corrected chi connectivity index (χ4v) is 7.57. The summed E-state index contributed by atoms with van der Waals surface area (Å²) in [6.45, 7) is 18.3. The molecule has 0 radical (unpaired) electrons. The Morgan fingerprint density at radius 2 is 1.44 bits per heavy atom. The van der Waals surface area contributed by atoms with Crippen LogP contribution in [0.15, 0.2) is 24.3 Å². The molecule has 0 saturated carbocycles. The maximum absolute atomic E-state index is 6.72. The fourth-order valence-electron chi connectivity index (χ4n) is 2.69. The van der Waals surface area contributed by atoms with Gasteiger partial charge in [0.05, 0.1) is 6.10 Å². The Bertz CT molecular complexity index is 511. The molecule has 0 aromatic heterocycles. The molecular formula is C20H37IO2Si2. The van der Waals surface area contributed by atoms with Crippen molar-refractivity contribution in [3.05, 3.63) is 29.8 Å². The van der Waals surface area contributed by atoms with Gasteiger partial charge < -0.3 is 8.85 Å². The van der Waals surface area contributed by atoms with Crippen molar-refractivity contribution in [2.24, 2.45) is 0 Å². The van der Waals surface area contributed by atoms with Crippen molar-refractivity contribution in [2.75, 3.05) is 4.43 Å². The van der Waals surface area contributed by atoms with Crippen LogP contribution in [0.1, 0.15) is 53.2 Å². The third kappa shape index (κ3) is 6.08. The highest BCUT2D eigenvalue weighted by molar-refractivity contribution is 14.1. The summed E-state index contributed by atoms with van der Waals surface area (Å²) in [5.41, 5.74) is 1.28. The third-order valence-corrected chi connectivity index (χ3v) is 15.7. The molecule has 0 aliphatic carbocycles. The molecule has 1 unspecified atom stereocenters. The second kappa shape index (κ2) is 9.37. The summed E-state index contributed by atoms with van der Waals surface area (Å²) in [5, 5.41) is 0.216. The second-order valence-electron chi connectivity index (χ2n) is 8.44. The van der Waals surface area contributed by atoms with Crippen LogP contribution in [-0.4, -0.2) is 21.1 Å².